The molecule has 0 amide bonds. The van der Waals surface area contributed by atoms with Crippen LogP contribution in [0.4, 0.5) is 0 Å². The molecule has 3 aliphatic rings. The van der Waals surface area contributed by atoms with E-state index in [0.29, 0.717) is 5.60 Å². The molecule has 0 aromatic carbocycles. The van der Waals surface area contributed by atoms with Gasteiger partial charge in [0.1, 0.15) is 0 Å². The van der Waals surface area contributed by atoms with Crippen LogP contribution in [0.25, 0.3) is 0 Å². The smallest absolute Gasteiger partial charge is 0.0685 e. The predicted octanol–water partition coefficient (Wildman–Crippen LogP) is 2.87. The normalized spacial score (nSPS) is 42.9. The summed E-state index contributed by atoms with van der Waals surface area (Å²) in [4.78, 5) is 0. The Kier molecular flexibility index (Phi) is 2.97. The zero-order valence-electron chi connectivity index (χ0n) is 10.5. The zero-order valence-corrected chi connectivity index (χ0v) is 10.5. The van der Waals surface area contributed by atoms with Gasteiger partial charge in [-0.05, 0) is 57.8 Å². The van der Waals surface area contributed by atoms with Crippen molar-refractivity contribution in [1.29, 1.82) is 0 Å². The lowest BCUT2D eigenvalue weighted by Gasteiger charge is -2.49. The van der Waals surface area contributed by atoms with Gasteiger partial charge in [-0.15, -0.1) is 0 Å². The topological polar surface area (TPSA) is 21.3 Å². The minimum atomic E-state index is 0.325. The minimum absolute atomic E-state index is 0.325. The summed E-state index contributed by atoms with van der Waals surface area (Å²) >= 11 is 0. The van der Waals surface area contributed by atoms with Crippen LogP contribution in [0.1, 0.15) is 58.3 Å². The lowest BCUT2D eigenvalue weighted by molar-refractivity contribution is -0.148. The maximum absolute atomic E-state index is 6.02. The molecule has 1 saturated carbocycles. The molecule has 2 nitrogen and oxygen atoms in total. The summed E-state index contributed by atoms with van der Waals surface area (Å²) in [6.45, 7) is 3.35. The summed E-state index contributed by atoms with van der Waals surface area (Å²) in [6.07, 6.45) is 10.8. The van der Waals surface area contributed by atoms with Gasteiger partial charge in [0.05, 0.1) is 5.60 Å². The fraction of sp³-hybridized carbons (Fsp3) is 1.00. The molecule has 3 rings (SSSR count). The Morgan fingerprint density at radius 2 is 2.00 bits per heavy atom. The van der Waals surface area contributed by atoms with Crippen molar-refractivity contribution in [2.24, 2.45) is 5.92 Å². The highest BCUT2D eigenvalue weighted by Crippen LogP contribution is 2.45. The maximum atomic E-state index is 6.02. The van der Waals surface area contributed by atoms with Crippen molar-refractivity contribution in [3.8, 4) is 0 Å². The first kappa shape index (κ1) is 11.0. The van der Waals surface area contributed by atoms with Crippen LogP contribution in [0.2, 0.25) is 0 Å². The predicted molar refractivity (Wildman–Crippen MR) is 65.5 cm³/mol. The van der Waals surface area contributed by atoms with Crippen LogP contribution in [-0.4, -0.2) is 24.3 Å². The molecule has 92 valence electrons. The largest absolute Gasteiger partial charge is 0.375 e. The zero-order chi connectivity index (χ0) is 11.0. The highest BCUT2D eigenvalue weighted by atomic mass is 16.5. The molecule has 16 heavy (non-hydrogen) atoms. The second-order valence-corrected chi connectivity index (χ2v) is 6.24. The molecule has 0 bridgehead atoms. The van der Waals surface area contributed by atoms with Gasteiger partial charge in [0, 0.05) is 18.7 Å². The Morgan fingerprint density at radius 1 is 1.12 bits per heavy atom. The van der Waals surface area contributed by atoms with Gasteiger partial charge in [0.25, 0.3) is 0 Å². The highest BCUT2D eigenvalue weighted by Gasteiger charge is 2.44. The third-order valence-corrected chi connectivity index (χ3v) is 5.02. The van der Waals surface area contributed by atoms with Crippen LogP contribution in [0.5, 0.6) is 0 Å². The summed E-state index contributed by atoms with van der Waals surface area (Å²) in [5.41, 5.74) is 0.325. The molecule has 1 spiro atoms. The van der Waals surface area contributed by atoms with Crippen LogP contribution in [-0.2, 0) is 4.74 Å². The number of ether oxygens (including phenoxy) is 1. The van der Waals surface area contributed by atoms with E-state index in [4.69, 9.17) is 4.74 Å². The molecule has 3 atom stereocenters. The second-order valence-electron chi connectivity index (χ2n) is 6.24. The van der Waals surface area contributed by atoms with Crippen LogP contribution in [0, 0.1) is 5.92 Å². The van der Waals surface area contributed by atoms with Crippen molar-refractivity contribution in [3.05, 3.63) is 0 Å². The van der Waals surface area contributed by atoms with Crippen LogP contribution < -0.4 is 5.32 Å². The van der Waals surface area contributed by atoms with Crippen LogP contribution in [0.3, 0.4) is 0 Å². The molecule has 3 fully saturated rings. The van der Waals surface area contributed by atoms with Crippen molar-refractivity contribution in [3.63, 3.8) is 0 Å². The third kappa shape index (κ3) is 2.02. The van der Waals surface area contributed by atoms with E-state index in [-0.39, 0.29) is 0 Å². The standard InChI is InChI=1S/C14H25NO/c1-11-4-2-5-13(15-11)12-6-9-16-14(10-12)7-3-8-14/h11-13,15H,2-10H2,1H3. The van der Waals surface area contributed by atoms with Gasteiger partial charge in [0.15, 0.2) is 0 Å². The summed E-state index contributed by atoms with van der Waals surface area (Å²) < 4.78 is 6.02. The molecule has 0 aromatic rings. The first-order chi connectivity index (χ1) is 7.77. The van der Waals surface area contributed by atoms with E-state index in [2.05, 4.69) is 12.2 Å². The summed E-state index contributed by atoms with van der Waals surface area (Å²) in [5, 5.41) is 3.82. The molecular formula is C14H25NO. The van der Waals surface area contributed by atoms with Gasteiger partial charge in [-0.1, -0.05) is 6.42 Å². The average Bonchev–Trinajstić information content (AvgIpc) is 2.27. The number of nitrogens with one attached hydrogen (secondary N) is 1. The van der Waals surface area contributed by atoms with Crippen molar-refractivity contribution in [2.75, 3.05) is 6.61 Å². The van der Waals surface area contributed by atoms with E-state index in [0.717, 1.165) is 24.6 Å². The van der Waals surface area contributed by atoms with Gasteiger partial charge in [-0.25, -0.2) is 0 Å². The first-order valence-corrected chi connectivity index (χ1v) is 7.17. The first-order valence-electron chi connectivity index (χ1n) is 7.17. The molecule has 2 heteroatoms. The van der Waals surface area contributed by atoms with E-state index in [1.807, 2.05) is 0 Å². The van der Waals surface area contributed by atoms with Gasteiger partial charge in [-0.3, -0.25) is 0 Å². The third-order valence-electron chi connectivity index (χ3n) is 5.02. The Bertz CT molecular complexity index is 249. The maximum Gasteiger partial charge on any atom is 0.0685 e. The van der Waals surface area contributed by atoms with Gasteiger partial charge >= 0.3 is 0 Å². The van der Waals surface area contributed by atoms with Crippen LogP contribution >= 0.6 is 0 Å². The molecule has 2 heterocycles. The number of piperidine rings is 1. The average molecular weight is 223 g/mol. The quantitative estimate of drug-likeness (QED) is 0.738. The summed E-state index contributed by atoms with van der Waals surface area (Å²) in [5.74, 6) is 0.886. The SMILES string of the molecule is CC1CCCC(C2CCOC3(CCC3)C2)N1. The minimum Gasteiger partial charge on any atom is -0.375 e. The van der Waals surface area contributed by atoms with Gasteiger partial charge < -0.3 is 10.1 Å². The number of rotatable bonds is 1. The molecule has 2 saturated heterocycles. The van der Waals surface area contributed by atoms with Crippen molar-refractivity contribution in [2.45, 2.75) is 76.0 Å². The van der Waals surface area contributed by atoms with E-state index in [9.17, 15) is 0 Å². The van der Waals surface area contributed by atoms with Gasteiger partial charge in [-0.2, -0.15) is 0 Å². The molecule has 2 aliphatic heterocycles. The number of hydrogen-bond donors (Lipinski definition) is 1. The van der Waals surface area contributed by atoms with E-state index in [1.54, 1.807) is 0 Å². The lowest BCUT2D eigenvalue weighted by Crippen LogP contribution is -2.52. The van der Waals surface area contributed by atoms with Crippen molar-refractivity contribution in [1.82, 2.24) is 5.32 Å². The van der Waals surface area contributed by atoms with Crippen molar-refractivity contribution < 1.29 is 4.74 Å². The fourth-order valence-corrected chi connectivity index (χ4v) is 3.88. The fourth-order valence-electron chi connectivity index (χ4n) is 3.88. The molecule has 1 aliphatic carbocycles. The van der Waals surface area contributed by atoms with Crippen molar-refractivity contribution >= 4 is 0 Å². The molecule has 1 N–H and O–H groups in total. The number of hydrogen-bond acceptors (Lipinski definition) is 2. The lowest BCUT2D eigenvalue weighted by atomic mass is 9.69. The highest BCUT2D eigenvalue weighted by molar-refractivity contribution is 4.97. The molecular weight excluding hydrogens is 198 g/mol. The second kappa shape index (κ2) is 4.30. The van der Waals surface area contributed by atoms with E-state index >= 15 is 0 Å². The van der Waals surface area contributed by atoms with E-state index < -0.39 is 0 Å². The van der Waals surface area contributed by atoms with Gasteiger partial charge in [0.2, 0.25) is 0 Å². The Morgan fingerprint density at radius 3 is 2.69 bits per heavy atom. The van der Waals surface area contributed by atoms with E-state index in [1.165, 1.54) is 51.4 Å². The monoisotopic (exact) mass is 223 g/mol. The Balaban J connectivity index is 1.61. The Hall–Kier alpha value is -0.0800. The summed E-state index contributed by atoms with van der Waals surface area (Å²) in [7, 11) is 0. The van der Waals surface area contributed by atoms with Crippen LogP contribution in [0.15, 0.2) is 0 Å². The molecule has 0 radical (unpaired) electrons. The summed E-state index contributed by atoms with van der Waals surface area (Å²) in [6, 6.07) is 1.52. The molecule has 0 aromatic heterocycles. The Labute approximate surface area is 99.1 Å². The molecule has 3 unspecified atom stereocenters.